The molecule has 0 atom stereocenters. The van der Waals surface area contributed by atoms with E-state index in [0.29, 0.717) is 24.0 Å². The van der Waals surface area contributed by atoms with Crippen molar-refractivity contribution in [2.45, 2.75) is 20.4 Å². The molecule has 0 aliphatic heterocycles. The zero-order valence-corrected chi connectivity index (χ0v) is 11.7. The number of hydrogen-bond acceptors (Lipinski definition) is 7. The molecule has 2 aromatic rings. The third-order valence-electron chi connectivity index (χ3n) is 2.05. The molecule has 0 spiro atoms. The molecule has 0 bridgehead atoms. The second-order valence-corrected chi connectivity index (χ2v) is 5.30. The van der Waals surface area contributed by atoms with E-state index in [2.05, 4.69) is 15.3 Å². The summed E-state index contributed by atoms with van der Waals surface area (Å²) in [5.74, 6) is -0.383. The van der Waals surface area contributed by atoms with Gasteiger partial charge in [-0.05, 0) is 13.8 Å². The zero-order valence-electron chi connectivity index (χ0n) is 10.1. The van der Waals surface area contributed by atoms with Gasteiger partial charge in [-0.25, -0.2) is 14.8 Å². The highest BCUT2D eigenvalue weighted by Crippen LogP contribution is 2.18. The number of hydrogen-bond donors (Lipinski definition) is 1. The maximum Gasteiger partial charge on any atom is 0.357 e. The van der Waals surface area contributed by atoms with E-state index in [1.165, 1.54) is 11.3 Å². The van der Waals surface area contributed by atoms with E-state index in [9.17, 15) is 4.79 Å². The van der Waals surface area contributed by atoms with Gasteiger partial charge in [0.05, 0.1) is 13.2 Å². The number of aryl methyl sites for hydroxylation is 1. The fraction of sp³-hybridized carbons (Fsp3) is 0.364. The Labute approximate surface area is 113 Å². The van der Waals surface area contributed by atoms with Crippen LogP contribution in [0.15, 0.2) is 10.8 Å². The van der Waals surface area contributed by atoms with Crippen LogP contribution in [-0.4, -0.2) is 22.5 Å². The number of nitrogens with one attached hydrogen (secondary N) is 1. The van der Waals surface area contributed by atoms with Crippen molar-refractivity contribution < 1.29 is 9.53 Å². The molecule has 2 aromatic heterocycles. The van der Waals surface area contributed by atoms with Crippen molar-refractivity contribution in [2.75, 3.05) is 11.9 Å². The Morgan fingerprint density at radius 1 is 1.39 bits per heavy atom. The summed E-state index contributed by atoms with van der Waals surface area (Å²) < 4.78 is 4.87. The molecule has 5 nitrogen and oxygen atoms in total. The van der Waals surface area contributed by atoms with Crippen LogP contribution < -0.4 is 5.32 Å². The summed E-state index contributed by atoms with van der Waals surface area (Å²) >= 11 is 2.99. The quantitative estimate of drug-likeness (QED) is 0.855. The van der Waals surface area contributed by atoms with E-state index in [0.717, 1.165) is 10.7 Å². The van der Waals surface area contributed by atoms with Gasteiger partial charge in [0.2, 0.25) is 0 Å². The molecule has 0 amide bonds. The van der Waals surface area contributed by atoms with Gasteiger partial charge in [-0.15, -0.1) is 22.7 Å². The van der Waals surface area contributed by atoms with Crippen molar-refractivity contribution in [3.05, 3.63) is 27.2 Å². The predicted molar refractivity (Wildman–Crippen MR) is 72.2 cm³/mol. The number of rotatable bonds is 5. The zero-order chi connectivity index (χ0) is 13.0. The highest BCUT2D eigenvalue weighted by molar-refractivity contribution is 7.14. The van der Waals surface area contributed by atoms with E-state index in [4.69, 9.17) is 4.74 Å². The van der Waals surface area contributed by atoms with Crippen LogP contribution in [0.5, 0.6) is 0 Å². The highest BCUT2D eigenvalue weighted by atomic mass is 32.1. The van der Waals surface area contributed by atoms with Crippen LogP contribution in [0.25, 0.3) is 0 Å². The lowest BCUT2D eigenvalue weighted by Crippen LogP contribution is -2.05. The lowest BCUT2D eigenvalue weighted by Gasteiger charge is -1.98. The molecule has 0 saturated carbocycles. The van der Waals surface area contributed by atoms with E-state index in [-0.39, 0.29) is 5.97 Å². The van der Waals surface area contributed by atoms with Crippen molar-refractivity contribution >= 4 is 33.8 Å². The molecule has 0 fully saturated rings. The first-order chi connectivity index (χ1) is 8.69. The minimum absolute atomic E-state index is 0.347. The standard InChI is InChI=1S/C11H13N3O2S2/c1-3-16-10(15)8-6-18-11(14-8)12-4-9-13-7(2)5-17-9/h5-6H,3-4H2,1-2H3,(H,12,14). The first-order valence-corrected chi connectivity index (χ1v) is 7.22. The maximum absolute atomic E-state index is 11.4. The molecule has 7 heteroatoms. The van der Waals surface area contributed by atoms with Crippen LogP contribution in [0.1, 0.15) is 28.1 Å². The van der Waals surface area contributed by atoms with Gasteiger partial charge in [0.25, 0.3) is 0 Å². The lowest BCUT2D eigenvalue weighted by molar-refractivity contribution is 0.0520. The SMILES string of the molecule is CCOC(=O)c1csc(NCc2nc(C)cs2)n1. The van der Waals surface area contributed by atoms with Crippen LogP contribution in [0.3, 0.4) is 0 Å². The third-order valence-corrected chi connectivity index (χ3v) is 3.81. The molecule has 0 radical (unpaired) electrons. The van der Waals surface area contributed by atoms with Crippen LogP contribution in [0.2, 0.25) is 0 Å². The van der Waals surface area contributed by atoms with Gasteiger partial charge in [-0.2, -0.15) is 0 Å². The number of thiazole rings is 2. The summed E-state index contributed by atoms with van der Waals surface area (Å²) in [5.41, 5.74) is 1.36. The Kier molecular flexibility index (Phi) is 4.27. The number of esters is 1. The van der Waals surface area contributed by atoms with Crippen LogP contribution in [-0.2, 0) is 11.3 Å². The molecular weight excluding hydrogens is 270 g/mol. The second kappa shape index (κ2) is 5.92. The molecular formula is C11H13N3O2S2. The van der Waals surface area contributed by atoms with Gasteiger partial charge in [-0.1, -0.05) is 0 Å². The smallest absolute Gasteiger partial charge is 0.357 e. The number of carbonyl (C=O) groups excluding carboxylic acids is 1. The van der Waals surface area contributed by atoms with Gasteiger partial charge in [0.15, 0.2) is 10.8 Å². The fourth-order valence-electron chi connectivity index (χ4n) is 1.29. The van der Waals surface area contributed by atoms with Crippen LogP contribution >= 0.6 is 22.7 Å². The second-order valence-electron chi connectivity index (χ2n) is 3.49. The van der Waals surface area contributed by atoms with Crippen molar-refractivity contribution in [3.8, 4) is 0 Å². The first kappa shape index (κ1) is 13.0. The molecule has 0 saturated heterocycles. The van der Waals surface area contributed by atoms with E-state index < -0.39 is 0 Å². The predicted octanol–water partition coefficient (Wildman–Crippen LogP) is 2.70. The summed E-state index contributed by atoms with van der Waals surface area (Å²) in [4.78, 5) is 19.9. The summed E-state index contributed by atoms with van der Waals surface area (Å²) in [5, 5.41) is 8.53. The first-order valence-electron chi connectivity index (χ1n) is 5.46. The molecule has 0 aromatic carbocycles. The van der Waals surface area contributed by atoms with E-state index in [1.54, 1.807) is 23.6 Å². The van der Waals surface area contributed by atoms with Crippen molar-refractivity contribution in [2.24, 2.45) is 0 Å². The number of nitrogens with zero attached hydrogens (tertiary/aromatic N) is 2. The molecule has 0 aliphatic carbocycles. The van der Waals surface area contributed by atoms with E-state index in [1.807, 2.05) is 12.3 Å². The summed E-state index contributed by atoms with van der Waals surface area (Å²) in [6, 6.07) is 0. The number of aromatic nitrogens is 2. The molecule has 2 heterocycles. The van der Waals surface area contributed by atoms with Gasteiger partial charge in [0, 0.05) is 16.5 Å². The van der Waals surface area contributed by atoms with Crippen molar-refractivity contribution in [1.82, 2.24) is 9.97 Å². The Balaban J connectivity index is 1.92. The summed E-state index contributed by atoms with van der Waals surface area (Å²) in [6.07, 6.45) is 0. The van der Waals surface area contributed by atoms with Gasteiger partial charge in [-0.3, -0.25) is 0 Å². The number of ether oxygens (including phenoxy) is 1. The minimum Gasteiger partial charge on any atom is -0.461 e. The molecule has 0 aliphatic rings. The van der Waals surface area contributed by atoms with E-state index >= 15 is 0 Å². The Morgan fingerprint density at radius 2 is 2.22 bits per heavy atom. The maximum atomic E-state index is 11.4. The Bertz CT molecular complexity index is 536. The topological polar surface area (TPSA) is 64.1 Å². The third kappa shape index (κ3) is 3.27. The van der Waals surface area contributed by atoms with Gasteiger partial charge in [0.1, 0.15) is 5.01 Å². The van der Waals surface area contributed by atoms with Crippen LogP contribution in [0, 0.1) is 6.92 Å². The monoisotopic (exact) mass is 283 g/mol. The molecule has 96 valence electrons. The Morgan fingerprint density at radius 3 is 2.89 bits per heavy atom. The highest BCUT2D eigenvalue weighted by Gasteiger charge is 2.11. The summed E-state index contributed by atoms with van der Waals surface area (Å²) in [7, 11) is 0. The van der Waals surface area contributed by atoms with Crippen LogP contribution in [0.4, 0.5) is 5.13 Å². The fourth-order valence-corrected chi connectivity index (χ4v) is 2.68. The number of carbonyl (C=O) groups is 1. The molecule has 2 rings (SSSR count). The largest absolute Gasteiger partial charge is 0.461 e. The van der Waals surface area contributed by atoms with Gasteiger partial charge >= 0.3 is 5.97 Å². The normalized spacial score (nSPS) is 10.3. The van der Waals surface area contributed by atoms with Crippen molar-refractivity contribution in [1.29, 1.82) is 0 Å². The average molecular weight is 283 g/mol. The Hall–Kier alpha value is -1.47. The molecule has 18 heavy (non-hydrogen) atoms. The lowest BCUT2D eigenvalue weighted by atomic mass is 10.5. The average Bonchev–Trinajstić information content (AvgIpc) is 2.95. The van der Waals surface area contributed by atoms with Crippen molar-refractivity contribution in [3.63, 3.8) is 0 Å². The van der Waals surface area contributed by atoms with Gasteiger partial charge < -0.3 is 10.1 Å². The molecule has 1 N–H and O–H groups in total. The number of anilines is 1. The summed E-state index contributed by atoms with van der Waals surface area (Å²) in [6.45, 7) is 4.71. The minimum atomic E-state index is -0.383. The molecule has 0 unspecified atom stereocenters.